The number of carbonyl (C=O) groups is 4. The van der Waals surface area contributed by atoms with Crippen LogP contribution in [0.15, 0.2) is 0 Å². The Morgan fingerprint density at radius 3 is 0.808 bits per heavy atom. The Hall–Kier alpha value is -1.72. The van der Waals surface area contributed by atoms with Gasteiger partial charge in [-0.05, 0) is 41.5 Å². The third kappa shape index (κ3) is 5.15. The van der Waals surface area contributed by atoms with Gasteiger partial charge in [-0.3, -0.25) is 19.2 Å². The lowest BCUT2D eigenvalue weighted by atomic mass is 9.66. The molecular weight excluding hydrogens is 336 g/mol. The molecule has 0 saturated carbocycles. The van der Waals surface area contributed by atoms with E-state index in [-0.39, 0.29) is 23.5 Å². The SMILES string of the molecule is COC(=O)C(C)(C)C(C)(C)C(C)=O.COC(=O)C(C)(C)C(C)(C)C(C)=O. The highest BCUT2D eigenvalue weighted by Gasteiger charge is 2.48. The lowest BCUT2D eigenvalue weighted by Gasteiger charge is -2.36. The summed E-state index contributed by atoms with van der Waals surface area (Å²) in [5.41, 5.74) is -2.96. The molecule has 0 radical (unpaired) electrons. The van der Waals surface area contributed by atoms with Crippen molar-refractivity contribution in [3.63, 3.8) is 0 Å². The van der Waals surface area contributed by atoms with E-state index in [4.69, 9.17) is 0 Å². The molecule has 0 aromatic rings. The molecule has 0 aliphatic heterocycles. The van der Waals surface area contributed by atoms with Crippen LogP contribution in [0.5, 0.6) is 0 Å². The Bertz CT molecular complexity index is 503. The van der Waals surface area contributed by atoms with Crippen LogP contribution in [0.4, 0.5) is 0 Å². The summed E-state index contributed by atoms with van der Waals surface area (Å²) in [5, 5.41) is 0. The summed E-state index contributed by atoms with van der Waals surface area (Å²) in [7, 11) is 2.67. The first-order valence-electron chi connectivity index (χ1n) is 8.54. The molecule has 6 nitrogen and oxygen atoms in total. The average Bonchev–Trinajstić information content (AvgIpc) is 2.52. The highest BCUT2D eigenvalue weighted by atomic mass is 16.5. The van der Waals surface area contributed by atoms with Gasteiger partial charge in [-0.1, -0.05) is 27.7 Å². The molecule has 0 fully saturated rings. The van der Waals surface area contributed by atoms with Crippen LogP contribution in [0.2, 0.25) is 0 Å². The predicted molar refractivity (Wildman–Crippen MR) is 101 cm³/mol. The zero-order valence-electron chi connectivity index (χ0n) is 18.4. The van der Waals surface area contributed by atoms with E-state index in [1.54, 1.807) is 55.4 Å². The van der Waals surface area contributed by atoms with Crippen molar-refractivity contribution in [3.05, 3.63) is 0 Å². The summed E-state index contributed by atoms with van der Waals surface area (Å²) in [5.74, 6) is -0.730. The zero-order chi connectivity index (χ0) is 21.7. The van der Waals surface area contributed by atoms with Gasteiger partial charge in [0.05, 0.1) is 25.0 Å². The number of hydrogen-bond acceptors (Lipinski definition) is 6. The molecule has 0 rings (SSSR count). The van der Waals surface area contributed by atoms with Crippen LogP contribution in [0.3, 0.4) is 0 Å². The first-order valence-corrected chi connectivity index (χ1v) is 8.54. The Balaban J connectivity index is 0. The molecule has 0 unspecified atom stereocenters. The van der Waals surface area contributed by atoms with Gasteiger partial charge >= 0.3 is 11.9 Å². The maximum Gasteiger partial charge on any atom is 0.312 e. The van der Waals surface area contributed by atoms with Crippen LogP contribution in [-0.2, 0) is 28.7 Å². The minimum atomic E-state index is -0.784. The number of ether oxygens (including phenoxy) is 2. The predicted octanol–water partition coefficient (Wildman–Crippen LogP) is 3.60. The van der Waals surface area contributed by atoms with E-state index < -0.39 is 21.7 Å². The second kappa shape index (κ2) is 8.78. The molecule has 0 aliphatic rings. The zero-order valence-corrected chi connectivity index (χ0v) is 18.4. The van der Waals surface area contributed by atoms with E-state index in [9.17, 15) is 19.2 Å². The van der Waals surface area contributed by atoms with Crippen LogP contribution < -0.4 is 0 Å². The largest absolute Gasteiger partial charge is 0.469 e. The summed E-state index contributed by atoms with van der Waals surface area (Å²) >= 11 is 0. The molecule has 0 atom stereocenters. The first-order chi connectivity index (χ1) is 11.3. The van der Waals surface area contributed by atoms with Gasteiger partial charge in [0.2, 0.25) is 0 Å². The smallest absolute Gasteiger partial charge is 0.312 e. The Kier molecular flexibility index (Phi) is 8.95. The van der Waals surface area contributed by atoms with Crippen molar-refractivity contribution in [3.8, 4) is 0 Å². The number of carbonyl (C=O) groups excluding carboxylic acids is 4. The number of methoxy groups -OCH3 is 2. The first kappa shape index (κ1) is 26.5. The molecule has 0 bridgehead atoms. The van der Waals surface area contributed by atoms with Crippen molar-refractivity contribution in [2.45, 2.75) is 69.2 Å². The standard InChI is InChI=1S/2C10H18O3/c2*1-7(11)9(2,3)10(4,5)8(12)13-6/h2*1-6H3. The van der Waals surface area contributed by atoms with Gasteiger partial charge in [-0.15, -0.1) is 0 Å². The molecular formula is C20H36O6. The van der Waals surface area contributed by atoms with Crippen LogP contribution in [0.1, 0.15) is 69.2 Å². The fourth-order valence-electron chi connectivity index (χ4n) is 1.90. The molecule has 0 heterocycles. The van der Waals surface area contributed by atoms with E-state index in [1.165, 1.54) is 28.1 Å². The molecule has 6 heteroatoms. The number of hydrogen-bond donors (Lipinski definition) is 0. The third-order valence-electron chi connectivity index (χ3n) is 6.28. The average molecular weight is 373 g/mol. The fourth-order valence-corrected chi connectivity index (χ4v) is 1.90. The van der Waals surface area contributed by atoms with Crippen molar-refractivity contribution < 1.29 is 28.7 Å². The van der Waals surface area contributed by atoms with Gasteiger partial charge in [-0.25, -0.2) is 0 Å². The molecule has 0 aliphatic carbocycles. The summed E-state index contributed by atoms with van der Waals surface area (Å²) in [6.45, 7) is 16.9. The van der Waals surface area contributed by atoms with Gasteiger partial charge < -0.3 is 9.47 Å². The van der Waals surface area contributed by atoms with Crippen LogP contribution in [0, 0.1) is 21.7 Å². The van der Waals surface area contributed by atoms with E-state index in [1.807, 2.05) is 0 Å². The molecule has 26 heavy (non-hydrogen) atoms. The third-order valence-corrected chi connectivity index (χ3v) is 6.28. The van der Waals surface area contributed by atoms with Gasteiger partial charge in [0, 0.05) is 10.8 Å². The van der Waals surface area contributed by atoms with Crippen LogP contribution in [-0.4, -0.2) is 37.7 Å². The summed E-state index contributed by atoms with van der Waals surface area (Å²) in [6.07, 6.45) is 0. The Morgan fingerprint density at radius 2 is 0.692 bits per heavy atom. The van der Waals surface area contributed by atoms with E-state index in [0.717, 1.165) is 0 Å². The van der Waals surface area contributed by atoms with Crippen LogP contribution >= 0.6 is 0 Å². The van der Waals surface area contributed by atoms with E-state index in [2.05, 4.69) is 9.47 Å². The highest BCUT2D eigenvalue weighted by Crippen LogP contribution is 2.40. The molecule has 0 spiro atoms. The van der Waals surface area contributed by atoms with E-state index >= 15 is 0 Å². The Morgan fingerprint density at radius 1 is 0.500 bits per heavy atom. The lowest BCUT2D eigenvalue weighted by molar-refractivity contribution is -0.161. The summed E-state index contributed by atoms with van der Waals surface area (Å²) in [4.78, 5) is 45.5. The van der Waals surface area contributed by atoms with Crippen molar-refractivity contribution >= 4 is 23.5 Å². The van der Waals surface area contributed by atoms with Crippen molar-refractivity contribution in [2.24, 2.45) is 21.7 Å². The van der Waals surface area contributed by atoms with Crippen molar-refractivity contribution in [2.75, 3.05) is 14.2 Å². The van der Waals surface area contributed by atoms with Gasteiger partial charge in [0.15, 0.2) is 0 Å². The quantitative estimate of drug-likeness (QED) is 0.662. The summed E-state index contributed by atoms with van der Waals surface area (Å²) < 4.78 is 9.32. The number of Topliss-reactive ketones (excluding diaryl/α,β-unsaturated/α-hetero) is 2. The number of rotatable bonds is 6. The minimum absolute atomic E-state index is 0.0112. The highest BCUT2D eigenvalue weighted by molar-refractivity contribution is 5.90. The van der Waals surface area contributed by atoms with E-state index in [0.29, 0.717) is 0 Å². The number of esters is 2. The maximum atomic E-state index is 11.4. The number of ketones is 2. The topological polar surface area (TPSA) is 86.7 Å². The van der Waals surface area contributed by atoms with Gasteiger partial charge in [0.1, 0.15) is 11.6 Å². The molecule has 0 aromatic heterocycles. The van der Waals surface area contributed by atoms with Crippen LogP contribution in [0.25, 0.3) is 0 Å². The molecule has 0 saturated heterocycles. The molecule has 0 N–H and O–H groups in total. The molecule has 0 amide bonds. The summed E-state index contributed by atoms with van der Waals surface area (Å²) in [6, 6.07) is 0. The molecule has 0 aromatic carbocycles. The second-order valence-corrected chi connectivity index (χ2v) is 8.60. The fraction of sp³-hybridized carbons (Fsp3) is 0.800. The monoisotopic (exact) mass is 372 g/mol. The second-order valence-electron chi connectivity index (χ2n) is 8.60. The van der Waals surface area contributed by atoms with Gasteiger partial charge in [0.25, 0.3) is 0 Å². The lowest BCUT2D eigenvalue weighted by Crippen LogP contribution is -2.44. The normalized spacial score (nSPS) is 12.5. The minimum Gasteiger partial charge on any atom is -0.469 e. The van der Waals surface area contributed by atoms with Gasteiger partial charge in [-0.2, -0.15) is 0 Å². The maximum absolute atomic E-state index is 11.4. The van der Waals surface area contributed by atoms with Crippen molar-refractivity contribution in [1.29, 1.82) is 0 Å². The van der Waals surface area contributed by atoms with Crippen molar-refractivity contribution in [1.82, 2.24) is 0 Å². The Labute approximate surface area is 158 Å². The molecule has 152 valence electrons.